The van der Waals surface area contributed by atoms with Crippen molar-refractivity contribution < 1.29 is 14.3 Å². The highest BCUT2D eigenvalue weighted by Gasteiger charge is 2.33. The normalized spacial score (nSPS) is 24.5. The molecule has 0 aliphatic carbocycles. The zero-order valence-electron chi connectivity index (χ0n) is 13.9. The zero-order chi connectivity index (χ0) is 16.2. The zero-order valence-corrected chi connectivity index (χ0v) is 13.9. The smallest absolute Gasteiger partial charge is 0.228 e. The second-order valence-corrected chi connectivity index (χ2v) is 6.45. The van der Waals surface area contributed by atoms with Crippen molar-refractivity contribution in [3.63, 3.8) is 0 Å². The molecule has 126 valence electrons. The first-order valence-electron chi connectivity index (χ1n) is 8.30. The molecule has 0 N–H and O–H groups in total. The number of hydrogen-bond donors (Lipinski definition) is 0. The summed E-state index contributed by atoms with van der Waals surface area (Å²) >= 11 is 0. The highest BCUT2D eigenvalue weighted by atomic mass is 16.5. The third-order valence-electron chi connectivity index (χ3n) is 4.43. The lowest BCUT2D eigenvalue weighted by Gasteiger charge is -2.26. The molecule has 1 aromatic rings. The van der Waals surface area contributed by atoms with Crippen LogP contribution < -0.4 is 9.64 Å². The Morgan fingerprint density at radius 1 is 1.43 bits per heavy atom. The lowest BCUT2D eigenvalue weighted by Crippen LogP contribution is -2.39. The van der Waals surface area contributed by atoms with E-state index in [1.807, 2.05) is 36.0 Å². The summed E-state index contributed by atoms with van der Waals surface area (Å²) in [6.45, 7) is 2.76. The van der Waals surface area contributed by atoms with Crippen LogP contribution in [0.1, 0.15) is 19.3 Å². The molecule has 3 rings (SSSR count). The molecule has 23 heavy (non-hydrogen) atoms. The lowest BCUT2D eigenvalue weighted by atomic mass is 10.0. The van der Waals surface area contributed by atoms with Crippen LogP contribution >= 0.6 is 0 Å². The number of amides is 1. The number of hydrogen-bond acceptors (Lipinski definition) is 5. The number of pyridine rings is 1. The molecule has 0 radical (unpaired) electrons. The van der Waals surface area contributed by atoms with Crippen molar-refractivity contribution in [2.24, 2.45) is 5.92 Å². The molecule has 6 nitrogen and oxygen atoms in total. The first kappa shape index (κ1) is 16.1. The molecule has 0 unspecified atom stereocenters. The Balaban J connectivity index is 1.59. The average molecular weight is 319 g/mol. The Hall–Kier alpha value is -1.82. The standard InChI is InChI=1S/C17H25N3O3/c1-19(2)16-15(6-3-8-18-16)23-14-7-9-20(11-14)17(21)13-5-4-10-22-12-13/h3,6,8,13-14H,4-5,7,9-12H2,1-2H3/t13-,14+/m0/s1. The Kier molecular flexibility index (Phi) is 5.00. The van der Waals surface area contributed by atoms with Crippen LogP contribution in [0, 0.1) is 5.92 Å². The predicted molar refractivity (Wildman–Crippen MR) is 87.7 cm³/mol. The van der Waals surface area contributed by atoms with E-state index in [9.17, 15) is 4.79 Å². The van der Waals surface area contributed by atoms with E-state index in [0.29, 0.717) is 13.2 Å². The first-order valence-corrected chi connectivity index (χ1v) is 8.30. The van der Waals surface area contributed by atoms with Gasteiger partial charge in [0.2, 0.25) is 5.91 Å². The van der Waals surface area contributed by atoms with Crippen LogP contribution in [0.3, 0.4) is 0 Å². The first-order chi connectivity index (χ1) is 11.1. The molecule has 2 atom stereocenters. The number of carbonyl (C=O) groups is 1. The van der Waals surface area contributed by atoms with Gasteiger partial charge in [0.25, 0.3) is 0 Å². The van der Waals surface area contributed by atoms with Gasteiger partial charge in [-0.3, -0.25) is 4.79 Å². The Bertz CT molecular complexity index is 544. The number of likely N-dealkylation sites (tertiary alicyclic amines) is 1. The third kappa shape index (κ3) is 3.75. The summed E-state index contributed by atoms with van der Waals surface area (Å²) in [7, 11) is 3.89. The number of aromatic nitrogens is 1. The summed E-state index contributed by atoms with van der Waals surface area (Å²) in [4.78, 5) is 20.8. The largest absolute Gasteiger partial charge is 0.485 e. The maximum Gasteiger partial charge on any atom is 0.228 e. The van der Waals surface area contributed by atoms with E-state index in [0.717, 1.165) is 44.0 Å². The monoisotopic (exact) mass is 319 g/mol. The van der Waals surface area contributed by atoms with Gasteiger partial charge in [-0.05, 0) is 25.0 Å². The fraction of sp³-hybridized carbons (Fsp3) is 0.647. The molecule has 0 bridgehead atoms. The van der Waals surface area contributed by atoms with Crippen LogP contribution in [0.15, 0.2) is 18.3 Å². The van der Waals surface area contributed by atoms with E-state index >= 15 is 0 Å². The van der Waals surface area contributed by atoms with Gasteiger partial charge >= 0.3 is 0 Å². The van der Waals surface area contributed by atoms with Gasteiger partial charge in [-0.25, -0.2) is 4.98 Å². The highest BCUT2D eigenvalue weighted by Crippen LogP contribution is 2.27. The van der Waals surface area contributed by atoms with Crippen LogP contribution in [0.4, 0.5) is 5.82 Å². The van der Waals surface area contributed by atoms with E-state index in [2.05, 4.69) is 4.98 Å². The molecule has 0 saturated carbocycles. The van der Waals surface area contributed by atoms with E-state index in [-0.39, 0.29) is 17.9 Å². The second-order valence-electron chi connectivity index (χ2n) is 6.45. The van der Waals surface area contributed by atoms with Gasteiger partial charge in [0.15, 0.2) is 11.6 Å². The van der Waals surface area contributed by atoms with Crippen LogP contribution in [-0.2, 0) is 9.53 Å². The van der Waals surface area contributed by atoms with Gasteiger partial charge in [0.1, 0.15) is 6.10 Å². The van der Waals surface area contributed by atoms with Crippen LogP contribution in [0.25, 0.3) is 0 Å². The van der Waals surface area contributed by atoms with Crippen molar-refractivity contribution in [1.82, 2.24) is 9.88 Å². The predicted octanol–water partition coefficient (Wildman–Crippen LogP) is 1.55. The molecular formula is C17H25N3O3. The van der Waals surface area contributed by atoms with E-state index < -0.39 is 0 Å². The molecule has 6 heteroatoms. The average Bonchev–Trinajstić information content (AvgIpc) is 3.04. The quantitative estimate of drug-likeness (QED) is 0.843. The molecule has 2 saturated heterocycles. The number of nitrogens with zero attached hydrogens (tertiary/aromatic N) is 3. The summed E-state index contributed by atoms with van der Waals surface area (Å²) < 4.78 is 11.5. The Morgan fingerprint density at radius 2 is 2.30 bits per heavy atom. The van der Waals surface area contributed by atoms with Gasteiger partial charge in [-0.2, -0.15) is 0 Å². The van der Waals surface area contributed by atoms with E-state index in [1.54, 1.807) is 6.20 Å². The van der Waals surface area contributed by atoms with Gasteiger partial charge in [-0.1, -0.05) is 0 Å². The summed E-state index contributed by atoms with van der Waals surface area (Å²) in [6.07, 6.45) is 4.57. The van der Waals surface area contributed by atoms with Gasteiger partial charge in [0, 0.05) is 39.9 Å². The second kappa shape index (κ2) is 7.17. The van der Waals surface area contributed by atoms with Crippen LogP contribution in [0.2, 0.25) is 0 Å². The van der Waals surface area contributed by atoms with Crippen LogP contribution in [-0.4, -0.2) is 62.3 Å². The number of anilines is 1. The maximum absolute atomic E-state index is 12.5. The molecule has 1 amide bonds. The number of ether oxygens (including phenoxy) is 2. The summed E-state index contributed by atoms with van der Waals surface area (Å²) in [5.74, 6) is 1.84. The van der Waals surface area contributed by atoms with Gasteiger partial charge < -0.3 is 19.3 Å². The van der Waals surface area contributed by atoms with Crippen molar-refractivity contribution in [3.05, 3.63) is 18.3 Å². The molecule has 3 heterocycles. The van der Waals surface area contributed by atoms with Crippen molar-refractivity contribution in [3.8, 4) is 5.75 Å². The Morgan fingerprint density at radius 3 is 3.04 bits per heavy atom. The third-order valence-corrected chi connectivity index (χ3v) is 4.43. The SMILES string of the molecule is CN(C)c1ncccc1O[C@@H]1CCN(C(=O)[C@H]2CCCOC2)C1. The maximum atomic E-state index is 12.5. The summed E-state index contributed by atoms with van der Waals surface area (Å²) in [5.41, 5.74) is 0. The molecular weight excluding hydrogens is 294 g/mol. The molecule has 2 aliphatic heterocycles. The minimum atomic E-state index is 0.0261. The van der Waals surface area contributed by atoms with E-state index in [4.69, 9.17) is 9.47 Å². The lowest BCUT2D eigenvalue weighted by molar-refractivity contribution is -0.138. The summed E-state index contributed by atoms with van der Waals surface area (Å²) in [6, 6.07) is 3.81. The minimum absolute atomic E-state index is 0.0261. The fourth-order valence-corrected chi connectivity index (χ4v) is 3.21. The summed E-state index contributed by atoms with van der Waals surface area (Å²) in [5, 5.41) is 0. The van der Waals surface area contributed by atoms with Gasteiger partial charge in [-0.15, -0.1) is 0 Å². The molecule has 0 spiro atoms. The van der Waals surface area contributed by atoms with Gasteiger partial charge in [0.05, 0.1) is 19.1 Å². The molecule has 1 aromatic heterocycles. The Labute approximate surface area is 137 Å². The van der Waals surface area contributed by atoms with Crippen LogP contribution in [0.5, 0.6) is 5.75 Å². The molecule has 2 aliphatic rings. The van der Waals surface area contributed by atoms with Crippen molar-refractivity contribution in [2.45, 2.75) is 25.4 Å². The number of rotatable bonds is 4. The number of carbonyl (C=O) groups excluding carboxylic acids is 1. The highest BCUT2D eigenvalue weighted by molar-refractivity contribution is 5.79. The minimum Gasteiger partial charge on any atom is -0.485 e. The topological polar surface area (TPSA) is 54.9 Å². The van der Waals surface area contributed by atoms with Crippen molar-refractivity contribution in [1.29, 1.82) is 0 Å². The van der Waals surface area contributed by atoms with Crippen molar-refractivity contribution in [2.75, 3.05) is 45.3 Å². The fourth-order valence-electron chi connectivity index (χ4n) is 3.21. The molecule has 2 fully saturated rings. The van der Waals surface area contributed by atoms with E-state index in [1.165, 1.54) is 0 Å². The van der Waals surface area contributed by atoms with Crippen molar-refractivity contribution >= 4 is 11.7 Å². The molecule has 0 aromatic carbocycles.